The highest BCUT2D eigenvalue weighted by Gasteiger charge is 2.27. The second-order valence-corrected chi connectivity index (χ2v) is 8.04. The van der Waals surface area contributed by atoms with E-state index in [1.54, 1.807) is 13.8 Å². The Balaban J connectivity index is 1.93. The molecule has 178 valence electrons. The minimum absolute atomic E-state index is 0.161. The van der Waals surface area contributed by atoms with Crippen LogP contribution in [0.5, 0.6) is 11.5 Å². The van der Waals surface area contributed by atoms with Crippen LogP contribution in [0.15, 0.2) is 36.4 Å². The van der Waals surface area contributed by atoms with Crippen molar-refractivity contribution in [1.82, 2.24) is 9.78 Å². The van der Waals surface area contributed by atoms with Crippen molar-refractivity contribution in [3.8, 4) is 11.5 Å². The highest BCUT2D eigenvalue weighted by Crippen LogP contribution is 2.33. The largest absolute Gasteiger partial charge is 0.457 e. The summed E-state index contributed by atoms with van der Waals surface area (Å²) < 4.78 is 7.23. The van der Waals surface area contributed by atoms with Gasteiger partial charge >= 0.3 is 5.82 Å². The molecule has 0 aliphatic heterocycles. The fraction of sp³-hybridized carbons (Fsp3) is 0.304. The lowest BCUT2D eigenvalue weighted by Crippen LogP contribution is -2.27. The summed E-state index contributed by atoms with van der Waals surface area (Å²) in [6.07, 6.45) is 0.297. The second kappa shape index (κ2) is 9.69. The molecule has 11 nitrogen and oxygen atoms in total. The van der Waals surface area contributed by atoms with Gasteiger partial charge in [-0.3, -0.25) is 14.9 Å². The Hall–Kier alpha value is -4.28. The molecular weight excluding hydrogens is 442 g/mol. The molecule has 1 unspecified atom stereocenters. The Bertz CT molecular complexity index is 1280. The fourth-order valence-electron chi connectivity index (χ4n) is 3.62. The van der Waals surface area contributed by atoms with E-state index in [-0.39, 0.29) is 22.9 Å². The zero-order chi connectivity index (χ0) is 25.2. The maximum atomic E-state index is 13.0. The van der Waals surface area contributed by atoms with Crippen LogP contribution < -0.4 is 10.1 Å². The first kappa shape index (κ1) is 24.4. The van der Waals surface area contributed by atoms with Crippen LogP contribution in [0.3, 0.4) is 0 Å². The molecule has 0 saturated carbocycles. The molecule has 0 saturated heterocycles. The number of aromatic nitrogens is 2. The van der Waals surface area contributed by atoms with Gasteiger partial charge in [0.25, 0.3) is 11.6 Å². The molecule has 0 spiro atoms. The number of nitro groups is 2. The predicted molar refractivity (Wildman–Crippen MR) is 125 cm³/mol. The van der Waals surface area contributed by atoms with Crippen LogP contribution in [0.2, 0.25) is 0 Å². The van der Waals surface area contributed by atoms with Crippen LogP contribution in [0, 0.1) is 47.9 Å². The molecule has 0 radical (unpaired) electrons. The van der Waals surface area contributed by atoms with Crippen LogP contribution in [-0.4, -0.2) is 25.5 Å². The highest BCUT2D eigenvalue weighted by atomic mass is 16.6. The Morgan fingerprint density at radius 2 is 1.76 bits per heavy atom. The van der Waals surface area contributed by atoms with E-state index >= 15 is 0 Å². The van der Waals surface area contributed by atoms with Gasteiger partial charge in [-0.05, 0) is 61.8 Å². The molecule has 1 amide bonds. The van der Waals surface area contributed by atoms with Crippen molar-refractivity contribution in [2.75, 3.05) is 5.32 Å². The normalized spacial score (nSPS) is 11.7. The molecule has 1 heterocycles. The van der Waals surface area contributed by atoms with Gasteiger partial charge in [-0.25, -0.2) is 0 Å². The lowest BCUT2D eigenvalue weighted by molar-refractivity contribution is -0.389. The molecule has 3 rings (SSSR count). The number of carbonyl (C=O) groups is 1. The van der Waals surface area contributed by atoms with E-state index in [2.05, 4.69) is 10.4 Å². The molecule has 2 aromatic carbocycles. The number of nitrogens with zero attached hydrogens (tertiary/aromatic N) is 4. The maximum Gasteiger partial charge on any atom is 0.390 e. The average molecular weight is 467 g/mol. The average Bonchev–Trinajstić information content (AvgIpc) is 3.13. The first-order valence-electron chi connectivity index (χ1n) is 10.6. The summed E-state index contributed by atoms with van der Waals surface area (Å²) >= 11 is 0. The Kier molecular flexibility index (Phi) is 6.94. The van der Waals surface area contributed by atoms with Gasteiger partial charge in [-0.1, -0.05) is 13.0 Å². The minimum Gasteiger partial charge on any atom is -0.457 e. The van der Waals surface area contributed by atoms with Crippen molar-refractivity contribution in [2.45, 2.75) is 47.1 Å². The number of aryl methyl sites for hydroxylation is 3. The van der Waals surface area contributed by atoms with Crippen molar-refractivity contribution in [3.05, 3.63) is 79.0 Å². The molecular formula is C23H25N5O6. The first-order chi connectivity index (χ1) is 16.0. The van der Waals surface area contributed by atoms with Crippen LogP contribution in [0.4, 0.5) is 17.2 Å². The van der Waals surface area contributed by atoms with Crippen LogP contribution in [0.25, 0.3) is 0 Å². The predicted octanol–water partition coefficient (Wildman–Crippen LogP) is 5.32. The van der Waals surface area contributed by atoms with Gasteiger partial charge < -0.3 is 20.2 Å². The third-order valence-corrected chi connectivity index (χ3v) is 5.44. The molecule has 3 aromatic rings. The van der Waals surface area contributed by atoms with Crippen LogP contribution in [0.1, 0.15) is 41.8 Å². The molecule has 0 aliphatic rings. The number of nitro benzene ring substituents is 1. The van der Waals surface area contributed by atoms with E-state index < -0.39 is 21.8 Å². The lowest BCUT2D eigenvalue weighted by atomic mass is 10.1. The summed E-state index contributed by atoms with van der Waals surface area (Å²) in [5, 5.41) is 29.1. The number of ether oxygens (including phenoxy) is 1. The van der Waals surface area contributed by atoms with E-state index in [1.165, 1.54) is 28.9 Å². The number of anilines is 1. The van der Waals surface area contributed by atoms with Gasteiger partial charge in [-0.2, -0.15) is 4.68 Å². The summed E-state index contributed by atoms with van der Waals surface area (Å²) in [7, 11) is 0. The van der Waals surface area contributed by atoms with Gasteiger partial charge in [0.1, 0.15) is 11.5 Å². The quantitative estimate of drug-likeness (QED) is 0.349. The van der Waals surface area contributed by atoms with Gasteiger partial charge in [0.2, 0.25) is 0 Å². The molecule has 1 atom stereocenters. The zero-order valence-electron chi connectivity index (χ0n) is 19.5. The third kappa shape index (κ3) is 5.20. The third-order valence-electron chi connectivity index (χ3n) is 5.44. The second-order valence-electron chi connectivity index (χ2n) is 8.04. The SMILES string of the molecule is CCC(C(=O)Nc1cc(Oc2cc(C)cc(C)c2C)cc([N+](=O)[O-])c1)n1nc([N+](=O)[O-])cc1C. The Morgan fingerprint density at radius 1 is 1.06 bits per heavy atom. The summed E-state index contributed by atoms with van der Waals surface area (Å²) in [6.45, 7) is 9.11. The lowest BCUT2D eigenvalue weighted by Gasteiger charge is -2.16. The van der Waals surface area contributed by atoms with E-state index in [0.29, 0.717) is 17.9 Å². The highest BCUT2D eigenvalue weighted by molar-refractivity contribution is 5.94. The number of amides is 1. The van der Waals surface area contributed by atoms with Crippen molar-refractivity contribution in [2.24, 2.45) is 0 Å². The van der Waals surface area contributed by atoms with E-state index in [1.807, 2.05) is 32.9 Å². The summed E-state index contributed by atoms with van der Waals surface area (Å²) in [5.74, 6) is -0.131. The number of rotatable bonds is 8. The summed E-state index contributed by atoms with van der Waals surface area (Å²) in [4.78, 5) is 34.4. The van der Waals surface area contributed by atoms with E-state index in [9.17, 15) is 25.0 Å². The van der Waals surface area contributed by atoms with E-state index in [0.717, 1.165) is 16.7 Å². The molecule has 1 N–H and O–H groups in total. The number of carbonyl (C=O) groups excluding carboxylic acids is 1. The monoisotopic (exact) mass is 467 g/mol. The van der Waals surface area contributed by atoms with Crippen molar-refractivity contribution < 1.29 is 19.4 Å². The number of benzene rings is 2. The van der Waals surface area contributed by atoms with Gasteiger partial charge in [0.15, 0.2) is 6.04 Å². The minimum atomic E-state index is -0.848. The van der Waals surface area contributed by atoms with Gasteiger partial charge in [-0.15, -0.1) is 0 Å². The molecule has 11 heteroatoms. The molecule has 0 bridgehead atoms. The molecule has 1 aromatic heterocycles. The molecule has 0 aliphatic carbocycles. The maximum absolute atomic E-state index is 13.0. The van der Waals surface area contributed by atoms with Gasteiger partial charge in [0.05, 0.1) is 33.5 Å². The topological polar surface area (TPSA) is 142 Å². The smallest absolute Gasteiger partial charge is 0.390 e. The van der Waals surface area contributed by atoms with Crippen molar-refractivity contribution in [3.63, 3.8) is 0 Å². The number of hydrogen-bond acceptors (Lipinski definition) is 7. The van der Waals surface area contributed by atoms with Crippen molar-refractivity contribution in [1.29, 1.82) is 0 Å². The van der Waals surface area contributed by atoms with E-state index in [4.69, 9.17) is 4.74 Å². The number of hydrogen-bond donors (Lipinski definition) is 1. The Morgan fingerprint density at radius 3 is 2.35 bits per heavy atom. The van der Waals surface area contributed by atoms with Gasteiger partial charge in [0, 0.05) is 12.1 Å². The Labute approximate surface area is 195 Å². The standard InChI is InChI=1S/C23H25N5O6/c1-6-20(26-15(4)9-22(25-26)28(32)33)23(29)24-17-10-18(27(30)31)12-19(11-17)34-21-8-13(2)7-14(3)16(21)5/h7-12,20H,6H2,1-5H3,(H,24,29). The number of non-ortho nitro benzene ring substituents is 1. The zero-order valence-corrected chi connectivity index (χ0v) is 19.5. The number of nitrogens with one attached hydrogen (secondary N) is 1. The first-order valence-corrected chi connectivity index (χ1v) is 10.6. The summed E-state index contributed by atoms with van der Waals surface area (Å²) in [6, 6.07) is 8.27. The fourth-order valence-corrected chi connectivity index (χ4v) is 3.62. The summed E-state index contributed by atoms with van der Waals surface area (Å²) in [5.41, 5.74) is 3.24. The van der Waals surface area contributed by atoms with Crippen LogP contribution in [-0.2, 0) is 4.79 Å². The van der Waals surface area contributed by atoms with Crippen LogP contribution >= 0.6 is 0 Å². The molecule has 0 fully saturated rings. The van der Waals surface area contributed by atoms with Crippen molar-refractivity contribution >= 4 is 23.1 Å². The molecule has 34 heavy (non-hydrogen) atoms.